The van der Waals surface area contributed by atoms with E-state index in [9.17, 15) is 0 Å². The Morgan fingerprint density at radius 1 is 1.00 bits per heavy atom. The van der Waals surface area contributed by atoms with E-state index >= 15 is 0 Å². The van der Waals surface area contributed by atoms with Crippen LogP contribution >= 0.6 is 0 Å². The molecule has 0 N–H and O–H groups in total. The Hall–Kier alpha value is -0.780. The summed E-state index contributed by atoms with van der Waals surface area (Å²) in [7, 11) is 0. The summed E-state index contributed by atoms with van der Waals surface area (Å²) in [4.78, 5) is 0. The third-order valence-corrected chi connectivity index (χ3v) is 2.31. The molecule has 1 aromatic carbocycles. The first-order chi connectivity index (χ1) is 5.70. The summed E-state index contributed by atoms with van der Waals surface area (Å²) in [6.07, 6.45) is 2.32. The summed E-state index contributed by atoms with van der Waals surface area (Å²) in [5.41, 5.74) is 1.33. The van der Waals surface area contributed by atoms with Crippen molar-refractivity contribution in [1.29, 1.82) is 0 Å². The fraction of sp³-hybridized carbons (Fsp3) is 0.417. The molecule has 0 amide bonds. The second-order valence-corrected chi connectivity index (χ2v) is 3.68. The van der Waals surface area contributed by atoms with Gasteiger partial charge in [0, 0.05) is 0 Å². The second kappa shape index (κ2) is 4.30. The van der Waals surface area contributed by atoms with Crippen molar-refractivity contribution in [3.05, 3.63) is 42.3 Å². The van der Waals surface area contributed by atoms with Gasteiger partial charge >= 0.3 is 0 Å². The van der Waals surface area contributed by atoms with E-state index < -0.39 is 0 Å². The molecule has 1 rings (SSSR count). The molecule has 0 spiro atoms. The van der Waals surface area contributed by atoms with Crippen LogP contribution < -0.4 is 0 Å². The van der Waals surface area contributed by atoms with Crippen molar-refractivity contribution >= 4 is 0 Å². The standard InChI is InChI=1S/C12H17/c1-10(2)11(3)9-12-7-5-4-6-8-12/h4-11H,1-3H3. The number of rotatable bonds is 3. The van der Waals surface area contributed by atoms with Crippen LogP contribution in [0.5, 0.6) is 0 Å². The lowest BCUT2D eigenvalue weighted by molar-refractivity contribution is 0.481. The number of hydrogen-bond donors (Lipinski definition) is 0. The van der Waals surface area contributed by atoms with Crippen LogP contribution in [0.25, 0.3) is 0 Å². The maximum absolute atomic E-state index is 2.32. The highest BCUT2D eigenvalue weighted by Gasteiger charge is 2.07. The zero-order valence-corrected chi connectivity index (χ0v) is 8.12. The Kier molecular flexibility index (Phi) is 3.33. The Balaban J connectivity index is 2.53. The van der Waals surface area contributed by atoms with Gasteiger partial charge in [0.2, 0.25) is 0 Å². The first-order valence-electron chi connectivity index (χ1n) is 4.60. The lowest BCUT2D eigenvalue weighted by Crippen LogP contribution is -2.04. The smallest absolute Gasteiger partial charge is 0.00623 e. The van der Waals surface area contributed by atoms with Gasteiger partial charge in [0.25, 0.3) is 0 Å². The van der Waals surface area contributed by atoms with Gasteiger partial charge in [0.1, 0.15) is 0 Å². The van der Waals surface area contributed by atoms with E-state index in [2.05, 4.69) is 57.5 Å². The summed E-state index contributed by atoms with van der Waals surface area (Å²) in [6.45, 7) is 6.77. The lowest BCUT2D eigenvalue weighted by Gasteiger charge is -2.14. The fourth-order valence-electron chi connectivity index (χ4n) is 1.06. The van der Waals surface area contributed by atoms with Gasteiger partial charge in [-0.1, -0.05) is 51.1 Å². The van der Waals surface area contributed by atoms with E-state index in [1.54, 1.807) is 0 Å². The van der Waals surface area contributed by atoms with Gasteiger partial charge in [0.05, 0.1) is 0 Å². The van der Waals surface area contributed by atoms with Gasteiger partial charge in [-0.15, -0.1) is 0 Å². The van der Waals surface area contributed by atoms with Crippen LogP contribution in [0.15, 0.2) is 30.3 Å². The molecular formula is C12H17. The molecule has 65 valence electrons. The summed E-state index contributed by atoms with van der Waals surface area (Å²) in [6, 6.07) is 10.5. The van der Waals surface area contributed by atoms with E-state index in [-0.39, 0.29) is 0 Å². The molecule has 0 fully saturated rings. The quantitative estimate of drug-likeness (QED) is 0.636. The fourth-order valence-corrected chi connectivity index (χ4v) is 1.06. The average Bonchev–Trinajstić information content (AvgIpc) is 2.06. The van der Waals surface area contributed by atoms with Crippen molar-refractivity contribution < 1.29 is 0 Å². The highest BCUT2D eigenvalue weighted by molar-refractivity contribution is 5.23. The molecule has 0 heteroatoms. The van der Waals surface area contributed by atoms with Crippen LogP contribution in [0.3, 0.4) is 0 Å². The first-order valence-corrected chi connectivity index (χ1v) is 4.60. The predicted molar refractivity (Wildman–Crippen MR) is 53.8 cm³/mol. The van der Waals surface area contributed by atoms with Crippen molar-refractivity contribution in [1.82, 2.24) is 0 Å². The summed E-state index contributed by atoms with van der Waals surface area (Å²) < 4.78 is 0. The minimum Gasteiger partial charge on any atom is -0.0625 e. The minimum absolute atomic E-state index is 0.660. The van der Waals surface area contributed by atoms with Gasteiger partial charge < -0.3 is 0 Å². The lowest BCUT2D eigenvalue weighted by atomic mass is 9.91. The van der Waals surface area contributed by atoms with Gasteiger partial charge in [0.15, 0.2) is 0 Å². The van der Waals surface area contributed by atoms with E-state index in [1.807, 2.05) is 0 Å². The number of hydrogen-bond acceptors (Lipinski definition) is 0. The Morgan fingerprint density at radius 3 is 2.08 bits per heavy atom. The molecule has 1 radical (unpaired) electrons. The molecule has 0 heterocycles. The van der Waals surface area contributed by atoms with Crippen LogP contribution in [-0.2, 0) is 0 Å². The molecule has 0 nitrogen and oxygen atoms in total. The van der Waals surface area contributed by atoms with Crippen LogP contribution in [-0.4, -0.2) is 0 Å². The molecule has 0 saturated heterocycles. The van der Waals surface area contributed by atoms with Crippen LogP contribution in [0.2, 0.25) is 0 Å². The maximum Gasteiger partial charge on any atom is -0.00623 e. The van der Waals surface area contributed by atoms with Crippen molar-refractivity contribution in [2.45, 2.75) is 20.8 Å². The largest absolute Gasteiger partial charge is 0.0625 e. The number of benzene rings is 1. The zero-order valence-electron chi connectivity index (χ0n) is 8.12. The molecule has 0 aliphatic carbocycles. The molecule has 0 bridgehead atoms. The van der Waals surface area contributed by atoms with Crippen molar-refractivity contribution in [3.63, 3.8) is 0 Å². The molecule has 12 heavy (non-hydrogen) atoms. The van der Waals surface area contributed by atoms with Crippen LogP contribution in [0.1, 0.15) is 26.3 Å². The molecular weight excluding hydrogens is 144 g/mol. The molecule has 1 atom stereocenters. The van der Waals surface area contributed by atoms with Gasteiger partial charge in [-0.3, -0.25) is 0 Å². The van der Waals surface area contributed by atoms with Crippen molar-refractivity contribution in [2.75, 3.05) is 0 Å². The highest BCUT2D eigenvalue weighted by atomic mass is 14.1. The van der Waals surface area contributed by atoms with Gasteiger partial charge in [-0.2, -0.15) is 0 Å². The minimum atomic E-state index is 0.660. The zero-order chi connectivity index (χ0) is 8.97. The SMILES string of the molecule is CC(C)C(C)[CH]c1ccccc1. The third-order valence-electron chi connectivity index (χ3n) is 2.31. The molecule has 0 aliphatic rings. The summed E-state index contributed by atoms with van der Waals surface area (Å²) in [5.74, 6) is 1.39. The van der Waals surface area contributed by atoms with Crippen molar-refractivity contribution in [2.24, 2.45) is 11.8 Å². The Labute approximate surface area is 75.6 Å². The monoisotopic (exact) mass is 161 g/mol. The van der Waals surface area contributed by atoms with Crippen LogP contribution in [0, 0.1) is 18.3 Å². The molecule has 0 saturated carbocycles. The molecule has 1 unspecified atom stereocenters. The maximum atomic E-state index is 2.32. The third kappa shape index (κ3) is 2.69. The van der Waals surface area contributed by atoms with E-state index in [0.717, 1.165) is 5.92 Å². The topological polar surface area (TPSA) is 0 Å². The van der Waals surface area contributed by atoms with Crippen molar-refractivity contribution in [3.8, 4) is 0 Å². The summed E-state index contributed by atoms with van der Waals surface area (Å²) in [5, 5.41) is 0. The summed E-state index contributed by atoms with van der Waals surface area (Å²) >= 11 is 0. The average molecular weight is 161 g/mol. The van der Waals surface area contributed by atoms with E-state index in [0.29, 0.717) is 5.92 Å². The molecule has 0 aromatic heterocycles. The Morgan fingerprint density at radius 2 is 1.58 bits per heavy atom. The highest BCUT2D eigenvalue weighted by Crippen LogP contribution is 2.17. The van der Waals surface area contributed by atoms with E-state index in [1.165, 1.54) is 5.56 Å². The Bertz CT molecular complexity index is 211. The first kappa shape index (κ1) is 9.31. The van der Waals surface area contributed by atoms with Gasteiger partial charge in [-0.05, 0) is 23.8 Å². The molecule has 1 aromatic rings. The predicted octanol–water partition coefficient (Wildman–Crippen LogP) is 3.53. The van der Waals surface area contributed by atoms with Gasteiger partial charge in [-0.25, -0.2) is 0 Å². The second-order valence-electron chi connectivity index (χ2n) is 3.68. The van der Waals surface area contributed by atoms with Crippen LogP contribution in [0.4, 0.5) is 0 Å². The van der Waals surface area contributed by atoms with E-state index in [4.69, 9.17) is 0 Å². The molecule has 0 aliphatic heterocycles. The normalized spacial score (nSPS) is 13.3.